The molecule has 4 atom stereocenters. The molecule has 170 valence electrons. The number of aromatic amines is 1. The monoisotopic (exact) mass is 452 g/mol. The van der Waals surface area contributed by atoms with Gasteiger partial charge in [0.15, 0.2) is 12.3 Å². The lowest BCUT2D eigenvalue weighted by Gasteiger charge is -2.20. The van der Waals surface area contributed by atoms with Crippen molar-refractivity contribution in [2.45, 2.75) is 24.5 Å². The molecule has 2 N–H and O–H groups in total. The van der Waals surface area contributed by atoms with Crippen LogP contribution in [0.25, 0.3) is 0 Å². The van der Waals surface area contributed by atoms with E-state index in [-0.39, 0.29) is 12.2 Å². The molecular formula is C23H20N2O8. The number of benzene rings is 2. The minimum atomic E-state index is -1.48. The van der Waals surface area contributed by atoms with Crippen LogP contribution in [0.15, 0.2) is 82.5 Å². The van der Waals surface area contributed by atoms with E-state index in [1.54, 1.807) is 60.7 Å². The van der Waals surface area contributed by atoms with E-state index in [4.69, 9.17) is 14.2 Å². The first-order valence-electron chi connectivity index (χ1n) is 10.1. The van der Waals surface area contributed by atoms with E-state index in [2.05, 4.69) is 4.98 Å². The number of ether oxygens (including phenoxy) is 3. The molecule has 0 amide bonds. The second-order valence-corrected chi connectivity index (χ2v) is 7.27. The highest BCUT2D eigenvalue weighted by molar-refractivity contribution is 5.90. The Morgan fingerprint density at radius 1 is 0.939 bits per heavy atom. The van der Waals surface area contributed by atoms with Gasteiger partial charge in [-0.2, -0.15) is 0 Å². The minimum absolute atomic E-state index is 0.245. The number of aliphatic hydroxyl groups excluding tert-OH is 1. The Balaban J connectivity index is 1.56. The standard InChI is InChI=1S/C23H20N2O8/c26-17-11-12-25(23(30)24-17)20-18(27)19(33-22(29)15-9-5-2-6-10-15)16(32-20)13-31-21(28)14-7-3-1-4-8-14/h1-12,16,18-20,27H,13H2,(H,24,26,30)/t16-,18+,19+,20-/m0/s1. The Hall–Kier alpha value is -4.02. The third-order valence-electron chi connectivity index (χ3n) is 5.08. The van der Waals surface area contributed by atoms with Crippen LogP contribution < -0.4 is 11.2 Å². The second-order valence-electron chi connectivity index (χ2n) is 7.27. The van der Waals surface area contributed by atoms with Crippen molar-refractivity contribution in [3.05, 3.63) is 105 Å². The van der Waals surface area contributed by atoms with Crippen molar-refractivity contribution in [1.29, 1.82) is 0 Å². The highest BCUT2D eigenvalue weighted by Crippen LogP contribution is 2.31. The Kier molecular flexibility index (Phi) is 6.48. The number of aromatic nitrogens is 2. The molecule has 33 heavy (non-hydrogen) atoms. The number of hydrogen-bond acceptors (Lipinski definition) is 8. The van der Waals surface area contributed by atoms with E-state index < -0.39 is 47.7 Å². The second kappa shape index (κ2) is 9.63. The van der Waals surface area contributed by atoms with Gasteiger partial charge in [-0.3, -0.25) is 14.3 Å². The van der Waals surface area contributed by atoms with Gasteiger partial charge in [0.25, 0.3) is 5.56 Å². The molecular weight excluding hydrogens is 432 g/mol. The summed E-state index contributed by atoms with van der Waals surface area (Å²) in [6.07, 6.45) is -3.96. The van der Waals surface area contributed by atoms with Crippen LogP contribution in [0, 0.1) is 0 Å². The molecule has 3 aromatic rings. The van der Waals surface area contributed by atoms with Gasteiger partial charge in [-0.15, -0.1) is 0 Å². The molecule has 0 spiro atoms. The highest BCUT2D eigenvalue weighted by atomic mass is 16.6. The Labute approximate surface area is 187 Å². The van der Waals surface area contributed by atoms with Gasteiger partial charge in [-0.05, 0) is 24.3 Å². The largest absolute Gasteiger partial charge is 0.459 e. The topological polar surface area (TPSA) is 137 Å². The van der Waals surface area contributed by atoms with Crippen molar-refractivity contribution in [2.24, 2.45) is 0 Å². The molecule has 1 aliphatic heterocycles. The molecule has 1 fully saturated rings. The number of rotatable bonds is 6. The lowest BCUT2D eigenvalue weighted by Crippen LogP contribution is -2.40. The molecule has 1 saturated heterocycles. The summed E-state index contributed by atoms with van der Waals surface area (Å²) in [7, 11) is 0. The summed E-state index contributed by atoms with van der Waals surface area (Å²) in [5.41, 5.74) is -0.887. The summed E-state index contributed by atoms with van der Waals surface area (Å²) >= 11 is 0. The number of nitrogens with one attached hydrogen (secondary N) is 1. The van der Waals surface area contributed by atoms with E-state index >= 15 is 0 Å². The number of carbonyl (C=O) groups excluding carboxylic acids is 2. The van der Waals surface area contributed by atoms with Gasteiger partial charge in [0, 0.05) is 12.3 Å². The van der Waals surface area contributed by atoms with Gasteiger partial charge in [0.1, 0.15) is 18.8 Å². The zero-order chi connectivity index (χ0) is 23.4. The number of aliphatic hydroxyl groups is 1. The van der Waals surface area contributed by atoms with Gasteiger partial charge in [-0.1, -0.05) is 36.4 Å². The van der Waals surface area contributed by atoms with Crippen molar-refractivity contribution in [2.75, 3.05) is 6.61 Å². The molecule has 2 heterocycles. The molecule has 0 radical (unpaired) electrons. The maximum atomic E-state index is 12.6. The predicted molar refractivity (Wildman–Crippen MR) is 114 cm³/mol. The fourth-order valence-corrected chi connectivity index (χ4v) is 3.44. The van der Waals surface area contributed by atoms with E-state index in [9.17, 15) is 24.3 Å². The molecule has 10 nitrogen and oxygen atoms in total. The quantitative estimate of drug-likeness (QED) is 0.526. The van der Waals surface area contributed by atoms with Crippen LogP contribution in [0.1, 0.15) is 26.9 Å². The van der Waals surface area contributed by atoms with E-state index in [1.165, 1.54) is 0 Å². The normalized spacial score (nSPS) is 22.0. The summed E-state index contributed by atoms with van der Waals surface area (Å²) in [5, 5.41) is 10.8. The third kappa shape index (κ3) is 4.92. The fourth-order valence-electron chi connectivity index (χ4n) is 3.44. The molecule has 1 aliphatic rings. The lowest BCUT2D eigenvalue weighted by molar-refractivity contribution is -0.0614. The summed E-state index contributed by atoms with van der Waals surface area (Å²) in [6, 6.07) is 17.5. The van der Waals surface area contributed by atoms with Gasteiger partial charge < -0.3 is 19.3 Å². The highest BCUT2D eigenvalue weighted by Gasteiger charge is 2.48. The Morgan fingerprint density at radius 2 is 1.55 bits per heavy atom. The minimum Gasteiger partial charge on any atom is -0.459 e. The molecule has 2 aromatic carbocycles. The molecule has 4 rings (SSSR count). The molecule has 0 bridgehead atoms. The van der Waals surface area contributed by atoms with Crippen LogP contribution in [-0.2, 0) is 14.2 Å². The fraction of sp³-hybridized carbons (Fsp3) is 0.217. The van der Waals surface area contributed by atoms with Crippen LogP contribution in [-0.4, -0.2) is 51.5 Å². The van der Waals surface area contributed by atoms with Crippen molar-refractivity contribution >= 4 is 11.9 Å². The zero-order valence-electron chi connectivity index (χ0n) is 17.2. The average molecular weight is 452 g/mol. The van der Waals surface area contributed by atoms with Crippen molar-refractivity contribution in [1.82, 2.24) is 9.55 Å². The predicted octanol–water partition coefficient (Wildman–Crippen LogP) is 0.878. The molecule has 0 aliphatic carbocycles. The average Bonchev–Trinajstić information content (AvgIpc) is 3.13. The van der Waals surface area contributed by atoms with Crippen LogP contribution >= 0.6 is 0 Å². The van der Waals surface area contributed by atoms with Crippen molar-refractivity contribution in [3.63, 3.8) is 0 Å². The first-order valence-corrected chi connectivity index (χ1v) is 10.1. The summed E-state index contributed by atoms with van der Waals surface area (Å²) < 4.78 is 17.5. The molecule has 0 saturated carbocycles. The Morgan fingerprint density at radius 3 is 2.15 bits per heavy atom. The van der Waals surface area contributed by atoms with Gasteiger partial charge in [0.05, 0.1) is 11.1 Å². The summed E-state index contributed by atoms with van der Waals surface area (Å²) in [5.74, 6) is -1.36. The third-order valence-corrected chi connectivity index (χ3v) is 5.08. The summed E-state index contributed by atoms with van der Waals surface area (Å²) in [6.45, 7) is -0.355. The number of nitrogens with zero attached hydrogens (tertiary/aromatic N) is 1. The van der Waals surface area contributed by atoms with E-state index in [1.807, 2.05) is 0 Å². The maximum absolute atomic E-state index is 12.6. The smallest absolute Gasteiger partial charge is 0.338 e. The first-order chi connectivity index (χ1) is 15.9. The van der Waals surface area contributed by atoms with Gasteiger partial charge in [0.2, 0.25) is 0 Å². The van der Waals surface area contributed by atoms with Crippen molar-refractivity contribution in [3.8, 4) is 0 Å². The number of carbonyl (C=O) groups is 2. The van der Waals surface area contributed by atoms with Crippen LogP contribution in [0.4, 0.5) is 0 Å². The van der Waals surface area contributed by atoms with Crippen LogP contribution in [0.5, 0.6) is 0 Å². The molecule has 0 unspecified atom stereocenters. The van der Waals surface area contributed by atoms with E-state index in [0.29, 0.717) is 5.56 Å². The molecule has 10 heteroatoms. The maximum Gasteiger partial charge on any atom is 0.338 e. The lowest BCUT2D eigenvalue weighted by atomic mass is 10.1. The van der Waals surface area contributed by atoms with E-state index in [0.717, 1.165) is 16.8 Å². The number of hydrogen-bond donors (Lipinski definition) is 2. The van der Waals surface area contributed by atoms with Gasteiger partial charge >= 0.3 is 17.6 Å². The number of esters is 2. The zero-order valence-corrected chi connectivity index (χ0v) is 17.2. The Bertz CT molecular complexity index is 1240. The van der Waals surface area contributed by atoms with Crippen molar-refractivity contribution < 1.29 is 28.9 Å². The number of H-pyrrole nitrogens is 1. The van der Waals surface area contributed by atoms with Crippen LogP contribution in [0.2, 0.25) is 0 Å². The van der Waals surface area contributed by atoms with Gasteiger partial charge in [-0.25, -0.2) is 14.4 Å². The SMILES string of the molecule is O=C(OC[C@@H]1O[C@H](n2ccc(=O)[nH]c2=O)[C@H](O)[C@@H]1OC(=O)c1ccccc1)c1ccccc1. The molecule has 1 aromatic heterocycles. The summed E-state index contributed by atoms with van der Waals surface area (Å²) in [4.78, 5) is 50.6. The van der Waals surface area contributed by atoms with Crippen LogP contribution in [0.3, 0.4) is 0 Å². The first kappa shape index (κ1) is 22.2.